The van der Waals surface area contributed by atoms with Crippen LogP contribution in [0.5, 0.6) is 11.5 Å². The van der Waals surface area contributed by atoms with E-state index in [9.17, 15) is 4.79 Å². The number of carbonyl (C=O) groups is 1. The van der Waals surface area contributed by atoms with Crippen molar-refractivity contribution in [3.8, 4) is 11.5 Å². The first-order valence-electron chi connectivity index (χ1n) is 8.55. The van der Waals surface area contributed by atoms with Crippen LogP contribution in [0.2, 0.25) is 0 Å². The number of nitrogens with two attached hydrogens (primary N) is 1. The molecule has 1 aliphatic carbocycles. The van der Waals surface area contributed by atoms with Crippen molar-refractivity contribution in [2.24, 2.45) is 0 Å². The quantitative estimate of drug-likeness (QED) is 0.866. The number of hydrogen-bond donors (Lipinski definition) is 1. The molecule has 0 radical (unpaired) electrons. The Bertz CT molecular complexity index is 564. The fourth-order valence-corrected chi connectivity index (χ4v) is 3.70. The molecule has 1 atom stereocenters. The molecule has 1 aromatic rings. The second kappa shape index (κ2) is 7.21. The topological polar surface area (TPSA) is 61.4 Å². The molecule has 0 amide bonds. The van der Waals surface area contributed by atoms with Crippen LogP contribution < -0.4 is 14.8 Å². The monoisotopic (exact) mass is 320 g/mol. The van der Waals surface area contributed by atoms with Crippen LogP contribution in [0.15, 0.2) is 12.1 Å². The molecule has 1 heterocycles. The Labute approximate surface area is 137 Å². The molecule has 5 heteroatoms. The molecule has 2 aliphatic rings. The van der Waals surface area contributed by atoms with Gasteiger partial charge in [0.2, 0.25) is 0 Å². The molecule has 1 fully saturated rings. The molecule has 0 unspecified atom stereocenters. The Kier molecular flexibility index (Phi) is 5.06. The fourth-order valence-electron chi connectivity index (χ4n) is 3.70. The fraction of sp³-hybridized carbons (Fsp3) is 0.611. The molecular formula is C18H26NO4+. The maximum Gasteiger partial charge on any atom is 0.347 e. The summed E-state index contributed by atoms with van der Waals surface area (Å²) in [4.78, 5) is 12.3. The van der Waals surface area contributed by atoms with Gasteiger partial charge in [0.15, 0.2) is 11.5 Å². The third-order valence-electron chi connectivity index (χ3n) is 4.92. The molecule has 0 spiro atoms. The summed E-state index contributed by atoms with van der Waals surface area (Å²) in [5.41, 5.74) is 1.41. The number of fused-ring (bicyclic) bond motifs is 1. The summed E-state index contributed by atoms with van der Waals surface area (Å²) in [6, 6.07) is 4.29. The van der Waals surface area contributed by atoms with Crippen molar-refractivity contribution in [2.45, 2.75) is 57.2 Å². The van der Waals surface area contributed by atoms with Gasteiger partial charge in [-0.15, -0.1) is 0 Å². The summed E-state index contributed by atoms with van der Waals surface area (Å²) >= 11 is 0. The normalized spacial score (nSPS) is 22.0. The van der Waals surface area contributed by atoms with E-state index in [0.29, 0.717) is 23.1 Å². The van der Waals surface area contributed by atoms with Crippen molar-refractivity contribution in [2.75, 3.05) is 14.2 Å². The number of cyclic esters (lactones) is 1. The highest BCUT2D eigenvalue weighted by molar-refractivity contribution is 5.97. The zero-order valence-corrected chi connectivity index (χ0v) is 14.0. The van der Waals surface area contributed by atoms with Crippen molar-refractivity contribution in [3.05, 3.63) is 23.3 Å². The lowest BCUT2D eigenvalue weighted by Gasteiger charge is -2.21. The van der Waals surface area contributed by atoms with E-state index in [0.717, 1.165) is 5.56 Å². The second-order valence-electron chi connectivity index (χ2n) is 6.39. The number of methoxy groups -OCH3 is 2. The summed E-state index contributed by atoms with van der Waals surface area (Å²) in [7, 11) is 3.12. The first-order chi connectivity index (χ1) is 11.2. The van der Waals surface area contributed by atoms with Crippen LogP contribution in [-0.4, -0.2) is 26.2 Å². The van der Waals surface area contributed by atoms with E-state index in [4.69, 9.17) is 14.2 Å². The van der Waals surface area contributed by atoms with E-state index in [2.05, 4.69) is 5.32 Å². The minimum atomic E-state index is -0.317. The number of benzene rings is 1. The summed E-state index contributed by atoms with van der Waals surface area (Å²) in [6.45, 7) is 0. The van der Waals surface area contributed by atoms with E-state index in [1.54, 1.807) is 14.2 Å². The summed E-state index contributed by atoms with van der Waals surface area (Å²) in [5.74, 6) is 0.723. The van der Waals surface area contributed by atoms with E-state index in [-0.39, 0.29) is 12.2 Å². The smallest absolute Gasteiger partial charge is 0.347 e. The van der Waals surface area contributed by atoms with Gasteiger partial charge in [0.05, 0.1) is 25.8 Å². The maximum atomic E-state index is 12.3. The van der Waals surface area contributed by atoms with Gasteiger partial charge in [-0.3, -0.25) is 0 Å². The van der Waals surface area contributed by atoms with Crippen LogP contribution in [0.25, 0.3) is 0 Å². The third kappa shape index (κ3) is 3.29. The van der Waals surface area contributed by atoms with Gasteiger partial charge in [0, 0.05) is 0 Å². The molecule has 126 valence electrons. The molecule has 2 N–H and O–H groups in total. The number of carbonyl (C=O) groups excluding carboxylic acids is 1. The molecule has 5 nitrogen and oxygen atoms in total. The Balaban J connectivity index is 1.81. The van der Waals surface area contributed by atoms with Gasteiger partial charge in [0.25, 0.3) is 6.23 Å². The van der Waals surface area contributed by atoms with Gasteiger partial charge in [0.1, 0.15) is 5.56 Å². The maximum absolute atomic E-state index is 12.3. The van der Waals surface area contributed by atoms with E-state index in [1.807, 2.05) is 12.1 Å². The number of hydrogen-bond acceptors (Lipinski definition) is 4. The van der Waals surface area contributed by atoms with E-state index >= 15 is 0 Å². The lowest BCUT2D eigenvalue weighted by atomic mass is 9.96. The molecule has 23 heavy (non-hydrogen) atoms. The van der Waals surface area contributed by atoms with E-state index in [1.165, 1.54) is 44.9 Å². The van der Waals surface area contributed by atoms with E-state index < -0.39 is 0 Å². The molecule has 0 bridgehead atoms. The van der Waals surface area contributed by atoms with Gasteiger partial charge in [-0.2, -0.15) is 0 Å². The minimum Gasteiger partial charge on any atom is -0.493 e. The second-order valence-corrected chi connectivity index (χ2v) is 6.39. The van der Waals surface area contributed by atoms with Gasteiger partial charge in [-0.1, -0.05) is 19.3 Å². The largest absolute Gasteiger partial charge is 0.493 e. The lowest BCUT2D eigenvalue weighted by molar-refractivity contribution is -0.758. The van der Waals surface area contributed by atoms with Crippen LogP contribution in [0.1, 0.15) is 67.1 Å². The first-order valence-corrected chi connectivity index (χ1v) is 8.55. The predicted molar refractivity (Wildman–Crippen MR) is 85.7 cm³/mol. The lowest BCUT2D eigenvalue weighted by Crippen LogP contribution is -2.91. The first kappa shape index (κ1) is 16.1. The summed E-state index contributed by atoms with van der Waals surface area (Å²) in [6.07, 6.45) is 8.63. The molecule has 3 rings (SSSR count). The molecular weight excluding hydrogens is 294 g/mol. The average molecular weight is 320 g/mol. The Hall–Kier alpha value is -1.75. The third-order valence-corrected chi connectivity index (χ3v) is 4.92. The van der Waals surface area contributed by atoms with Gasteiger partial charge < -0.3 is 19.5 Å². The highest BCUT2D eigenvalue weighted by atomic mass is 16.6. The summed E-state index contributed by atoms with van der Waals surface area (Å²) < 4.78 is 16.3. The number of esters is 1. The van der Waals surface area contributed by atoms with Crippen molar-refractivity contribution in [1.29, 1.82) is 0 Å². The molecule has 1 aromatic carbocycles. The molecule has 1 aliphatic heterocycles. The Morgan fingerprint density at radius 3 is 2.39 bits per heavy atom. The van der Waals surface area contributed by atoms with Crippen LogP contribution >= 0.6 is 0 Å². The predicted octanol–water partition coefficient (Wildman–Crippen LogP) is 2.55. The zero-order valence-electron chi connectivity index (χ0n) is 14.0. The molecule has 0 saturated heterocycles. The summed E-state index contributed by atoms with van der Waals surface area (Å²) in [5, 5.41) is 2.22. The van der Waals surface area contributed by atoms with Crippen LogP contribution in [0.3, 0.4) is 0 Å². The minimum absolute atomic E-state index is 0.262. The van der Waals surface area contributed by atoms with Crippen molar-refractivity contribution < 1.29 is 24.3 Å². The van der Waals surface area contributed by atoms with Gasteiger partial charge in [-0.25, -0.2) is 4.79 Å². The van der Waals surface area contributed by atoms with Crippen LogP contribution in [-0.2, 0) is 4.74 Å². The number of quaternary nitrogens is 1. The standard InChI is InChI=1S/C18H25NO4/c1-21-14-11-10-13-15(16(14)22-2)18(20)23-17(13)19-12-8-6-4-3-5-7-9-12/h10-12,17,19H,3-9H2,1-2H3/p+1/t17-/m0/s1. The van der Waals surface area contributed by atoms with Gasteiger partial charge >= 0.3 is 5.97 Å². The van der Waals surface area contributed by atoms with Crippen LogP contribution in [0.4, 0.5) is 0 Å². The van der Waals surface area contributed by atoms with Crippen molar-refractivity contribution in [1.82, 2.24) is 0 Å². The van der Waals surface area contributed by atoms with Gasteiger partial charge in [-0.05, 0) is 37.8 Å². The number of rotatable bonds is 4. The molecule has 1 saturated carbocycles. The highest BCUT2D eigenvalue weighted by Gasteiger charge is 2.39. The number of ether oxygens (including phenoxy) is 3. The SMILES string of the molecule is COc1ccc2c(c1OC)C(=O)O[C@@H]2[NH2+]C1CCCCCCC1. The zero-order chi connectivity index (χ0) is 16.2. The van der Waals surface area contributed by atoms with Crippen LogP contribution in [0, 0.1) is 0 Å². The van der Waals surface area contributed by atoms with Crippen molar-refractivity contribution in [3.63, 3.8) is 0 Å². The molecule has 0 aromatic heterocycles. The highest BCUT2D eigenvalue weighted by Crippen LogP contribution is 2.39. The van der Waals surface area contributed by atoms with Crippen molar-refractivity contribution >= 4 is 5.97 Å². The Morgan fingerprint density at radius 1 is 1.04 bits per heavy atom. The average Bonchev–Trinajstić information content (AvgIpc) is 2.85. The Morgan fingerprint density at radius 2 is 1.74 bits per heavy atom.